The first-order valence-electron chi connectivity index (χ1n) is 7.75. The molecule has 116 valence electrons. The minimum absolute atomic E-state index is 0.0221. The molecule has 1 saturated heterocycles. The largest absolute Gasteiger partial charge is 0.380 e. The van der Waals surface area contributed by atoms with Crippen molar-refractivity contribution in [3.05, 3.63) is 35.4 Å². The third-order valence-electron chi connectivity index (χ3n) is 3.75. The molecule has 0 spiro atoms. The SMILES string of the molecule is Cc1cccc(C2NCC(=O)N2CCOCCC(C)C)c1. The Morgan fingerprint density at radius 3 is 2.90 bits per heavy atom. The van der Waals surface area contributed by atoms with Crippen molar-refractivity contribution in [2.75, 3.05) is 26.3 Å². The molecule has 1 unspecified atom stereocenters. The van der Waals surface area contributed by atoms with Crippen LogP contribution in [-0.2, 0) is 9.53 Å². The summed E-state index contributed by atoms with van der Waals surface area (Å²) >= 11 is 0. The van der Waals surface area contributed by atoms with Crippen LogP contribution < -0.4 is 5.32 Å². The first-order chi connectivity index (χ1) is 10.1. The monoisotopic (exact) mass is 290 g/mol. The first kappa shape index (κ1) is 16.0. The van der Waals surface area contributed by atoms with Crippen molar-refractivity contribution in [3.63, 3.8) is 0 Å². The summed E-state index contributed by atoms with van der Waals surface area (Å²) < 4.78 is 5.64. The fourth-order valence-corrected chi connectivity index (χ4v) is 2.52. The molecule has 21 heavy (non-hydrogen) atoms. The van der Waals surface area contributed by atoms with Crippen LogP contribution in [0.4, 0.5) is 0 Å². The van der Waals surface area contributed by atoms with Crippen molar-refractivity contribution in [1.82, 2.24) is 10.2 Å². The lowest BCUT2D eigenvalue weighted by molar-refractivity contribution is -0.128. The van der Waals surface area contributed by atoms with E-state index in [1.807, 2.05) is 11.0 Å². The van der Waals surface area contributed by atoms with Gasteiger partial charge >= 0.3 is 0 Å². The molecule has 0 aliphatic carbocycles. The van der Waals surface area contributed by atoms with Gasteiger partial charge < -0.3 is 9.64 Å². The quantitative estimate of drug-likeness (QED) is 0.784. The van der Waals surface area contributed by atoms with Crippen molar-refractivity contribution in [3.8, 4) is 0 Å². The summed E-state index contributed by atoms with van der Waals surface area (Å²) in [6.07, 6.45) is 1.04. The van der Waals surface area contributed by atoms with E-state index >= 15 is 0 Å². The van der Waals surface area contributed by atoms with Gasteiger partial charge in [-0.2, -0.15) is 0 Å². The predicted octanol–water partition coefficient (Wildman–Crippen LogP) is 2.49. The zero-order valence-electron chi connectivity index (χ0n) is 13.3. The average Bonchev–Trinajstić information content (AvgIpc) is 2.79. The highest BCUT2D eigenvalue weighted by molar-refractivity contribution is 5.80. The molecule has 1 aliphatic rings. The summed E-state index contributed by atoms with van der Waals surface area (Å²) in [5.74, 6) is 0.800. The van der Waals surface area contributed by atoms with Gasteiger partial charge in [0.15, 0.2) is 0 Å². The number of ether oxygens (including phenoxy) is 1. The fraction of sp³-hybridized carbons (Fsp3) is 0.588. The van der Waals surface area contributed by atoms with E-state index in [1.165, 1.54) is 5.56 Å². The summed E-state index contributed by atoms with van der Waals surface area (Å²) in [7, 11) is 0. The Morgan fingerprint density at radius 1 is 1.38 bits per heavy atom. The maximum absolute atomic E-state index is 12.0. The summed E-state index contributed by atoms with van der Waals surface area (Å²) in [4.78, 5) is 13.9. The molecule has 1 aromatic carbocycles. The van der Waals surface area contributed by atoms with E-state index in [2.05, 4.69) is 44.3 Å². The zero-order chi connectivity index (χ0) is 15.2. The first-order valence-corrected chi connectivity index (χ1v) is 7.75. The molecule has 4 heteroatoms. The lowest BCUT2D eigenvalue weighted by Crippen LogP contribution is -2.33. The van der Waals surface area contributed by atoms with Gasteiger partial charge in [0.2, 0.25) is 5.91 Å². The molecule has 1 amide bonds. The van der Waals surface area contributed by atoms with Crippen LogP contribution in [0.1, 0.15) is 37.6 Å². The van der Waals surface area contributed by atoms with Crippen LogP contribution in [0.5, 0.6) is 0 Å². The van der Waals surface area contributed by atoms with Gasteiger partial charge in [0.1, 0.15) is 6.17 Å². The Hall–Kier alpha value is -1.39. The Kier molecular flexibility index (Phi) is 5.76. The maximum Gasteiger partial charge on any atom is 0.238 e. The molecule has 1 atom stereocenters. The van der Waals surface area contributed by atoms with Gasteiger partial charge in [-0.3, -0.25) is 10.1 Å². The average molecular weight is 290 g/mol. The van der Waals surface area contributed by atoms with Gasteiger partial charge in [0, 0.05) is 13.2 Å². The van der Waals surface area contributed by atoms with E-state index in [-0.39, 0.29) is 12.1 Å². The van der Waals surface area contributed by atoms with Crippen molar-refractivity contribution in [1.29, 1.82) is 0 Å². The van der Waals surface area contributed by atoms with E-state index in [1.54, 1.807) is 0 Å². The lowest BCUT2D eigenvalue weighted by atomic mass is 10.1. The van der Waals surface area contributed by atoms with E-state index in [9.17, 15) is 4.79 Å². The van der Waals surface area contributed by atoms with Gasteiger partial charge in [-0.1, -0.05) is 43.7 Å². The number of nitrogens with one attached hydrogen (secondary N) is 1. The Bertz CT molecular complexity index is 474. The van der Waals surface area contributed by atoms with Gasteiger partial charge in [-0.05, 0) is 24.8 Å². The van der Waals surface area contributed by atoms with Crippen LogP contribution in [-0.4, -0.2) is 37.1 Å². The number of hydrogen-bond donors (Lipinski definition) is 1. The molecule has 0 saturated carbocycles. The van der Waals surface area contributed by atoms with Gasteiger partial charge in [-0.15, -0.1) is 0 Å². The fourth-order valence-electron chi connectivity index (χ4n) is 2.52. The molecule has 1 N–H and O–H groups in total. The molecule has 1 aromatic rings. The number of amides is 1. The topological polar surface area (TPSA) is 41.6 Å². The van der Waals surface area contributed by atoms with Gasteiger partial charge in [0.05, 0.1) is 13.2 Å². The number of carbonyl (C=O) groups is 1. The van der Waals surface area contributed by atoms with Crippen LogP contribution in [0.2, 0.25) is 0 Å². The number of aryl methyl sites for hydroxylation is 1. The molecule has 0 bridgehead atoms. The zero-order valence-corrected chi connectivity index (χ0v) is 13.3. The standard InChI is InChI=1S/C17H26N2O2/c1-13(2)7-9-21-10-8-19-16(20)12-18-17(19)15-6-4-5-14(3)11-15/h4-6,11,13,17-18H,7-10,12H2,1-3H3. The second-order valence-electron chi connectivity index (χ2n) is 6.08. The number of rotatable bonds is 7. The van der Waals surface area contributed by atoms with Crippen LogP contribution in [0.25, 0.3) is 0 Å². The van der Waals surface area contributed by atoms with Crippen molar-refractivity contribution < 1.29 is 9.53 Å². The predicted molar refractivity (Wildman–Crippen MR) is 83.9 cm³/mol. The van der Waals surface area contributed by atoms with Crippen LogP contribution in [0, 0.1) is 12.8 Å². The molecule has 0 radical (unpaired) electrons. The number of benzene rings is 1. The van der Waals surface area contributed by atoms with E-state index in [4.69, 9.17) is 4.74 Å². The number of hydrogen-bond acceptors (Lipinski definition) is 3. The van der Waals surface area contributed by atoms with E-state index in [0.29, 0.717) is 25.6 Å². The smallest absolute Gasteiger partial charge is 0.238 e. The summed E-state index contributed by atoms with van der Waals surface area (Å²) in [5, 5.41) is 3.28. The van der Waals surface area contributed by atoms with E-state index < -0.39 is 0 Å². The summed E-state index contributed by atoms with van der Waals surface area (Å²) in [6, 6.07) is 8.30. The highest BCUT2D eigenvalue weighted by Gasteiger charge is 2.31. The molecule has 2 rings (SSSR count). The minimum Gasteiger partial charge on any atom is -0.380 e. The number of carbonyl (C=O) groups excluding carboxylic acids is 1. The highest BCUT2D eigenvalue weighted by Crippen LogP contribution is 2.22. The van der Waals surface area contributed by atoms with Crippen molar-refractivity contribution >= 4 is 5.91 Å². The van der Waals surface area contributed by atoms with Crippen molar-refractivity contribution in [2.24, 2.45) is 5.92 Å². The maximum atomic E-state index is 12.0. The summed E-state index contributed by atoms with van der Waals surface area (Å²) in [5.41, 5.74) is 2.35. The highest BCUT2D eigenvalue weighted by atomic mass is 16.5. The van der Waals surface area contributed by atoms with Crippen LogP contribution >= 0.6 is 0 Å². The van der Waals surface area contributed by atoms with Crippen LogP contribution in [0.3, 0.4) is 0 Å². The summed E-state index contributed by atoms with van der Waals surface area (Å²) in [6.45, 7) is 8.85. The van der Waals surface area contributed by atoms with Crippen molar-refractivity contribution in [2.45, 2.75) is 33.4 Å². The third kappa shape index (κ3) is 4.55. The molecular weight excluding hydrogens is 264 g/mol. The Labute approximate surface area is 127 Å². The van der Waals surface area contributed by atoms with Gasteiger partial charge in [0.25, 0.3) is 0 Å². The second kappa shape index (κ2) is 7.57. The Balaban J connectivity index is 1.88. The molecule has 0 aromatic heterocycles. The number of nitrogens with zero attached hydrogens (tertiary/aromatic N) is 1. The van der Waals surface area contributed by atoms with Gasteiger partial charge in [-0.25, -0.2) is 0 Å². The molecule has 1 heterocycles. The lowest BCUT2D eigenvalue weighted by Gasteiger charge is -2.25. The Morgan fingerprint density at radius 2 is 2.19 bits per heavy atom. The third-order valence-corrected chi connectivity index (χ3v) is 3.75. The molecule has 1 aliphatic heterocycles. The molecular formula is C17H26N2O2. The van der Waals surface area contributed by atoms with Crippen LogP contribution in [0.15, 0.2) is 24.3 Å². The normalized spacial score (nSPS) is 18.8. The van der Waals surface area contributed by atoms with E-state index in [0.717, 1.165) is 18.6 Å². The minimum atomic E-state index is -0.0221. The molecule has 1 fully saturated rings. The second-order valence-corrected chi connectivity index (χ2v) is 6.08. The molecule has 4 nitrogen and oxygen atoms in total.